The molecule has 1 aliphatic rings. The van der Waals surface area contributed by atoms with Gasteiger partial charge in [0.1, 0.15) is 0 Å². The number of nitrogens with one attached hydrogen (secondary N) is 2. The van der Waals surface area contributed by atoms with Gasteiger partial charge in [-0.15, -0.1) is 0 Å². The molecule has 0 saturated carbocycles. The SMILES string of the molecule is CC(CNS(=O)[O-])C1CCNCC1. The number of hydrogen-bond donors (Lipinski definition) is 2. The van der Waals surface area contributed by atoms with Gasteiger partial charge in [-0.25, -0.2) is 4.72 Å². The van der Waals surface area contributed by atoms with Gasteiger partial charge in [-0.1, -0.05) is 6.92 Å². The summed E-state index contributed by atoms with van der Waals surface area (Å²) in [4.78, 5) is 0. The summed E-state index contributed by atoms with van der Waals surface area (Å²) in [6, 6.07) is 0. The highest BCUT2D eigenvalue weighted by Crippen LogP contribution is 2.20. The molecule has 5 heteroatoms. The van der Waals surface area contributed by atoms with Crippen molar-refractivity contribution in [1.82, 2.24) is 10.0 Å². The molecule has 2 N–H and O–H groups in total. The van der Waals surface area contributed by atoms with Crippen LogP contribution in [0.4, 0.5) is 0 Å². The van der Waals surface area contributed by atoms with E-state index in [1.807, 2.05) is 0 Å². The highest BCUT2D eigenvalue weighted by Gasteiger charge is 2.19. The molecule has 1 heterocycles. The zero-order valence-corrected chi connectivity index (χ0v) is 8.73. The highest BCUT2D eigenvalue weighted by atomic mass is 32.2. The second-order valence-corrected chi connectivity index (χ2v) is 4.41. The fourth-order valence-corrected chi connectivity index (χ4v) is 2.18. The van der Waals surface area contributed by atoms with Gasteiger partial charge < -0.3 is 9.87 Å². The van der Waals surface area contributed by atoms with Crippen molar-refractivity contribution in [3.63, 3.8) is 0 Å². The first kappa shape index (κ1) is 11.1. The molecule has 1 fully saturated rings. The van der Waals surface area contributed by atoms with Crippen molar-refractivity contribution in [1.29, 1.82) is 0 Å². The maximum Gasteiger partial charge on any atom is 0.0181 e. The Morgan fingerprint density at radius 3 is 2.77 bits per heavy atom. The fraction of sp³-hybridized carbons (Fsp3) is 1.00. The molecule has 0 aliphatic carbocycles. The van der Waals surface area contributed by atoms with E-state index in [4.69, 9.17) is 0 Å². The molecule has 0 aromatic heterocycles. The Bertz CT molecular complexity index is 172. The van der Waals surface area contributed by atoms with Crippen LogP contribution in [0.25, 0.3) is 0 Å². The van der Waals surface area contributed by atoms with E-state index < -0.39 is 11.3 Å². The summed E-state index contributed by atoms with van der Waals surface area (Å²) in [6.07, 6.45) is 2.32. The Balaban J connectivity index is 2.20. The van der Waals surface area contributed by atoms with E-state index >= 15 is 0 Å². The van der Waals surface area contributed by atoms with E-state index in [9.17, 15) is 8.76 Å². The van der Waals surface area contributed by atoms with Crippen molar-refractivity contribution in [2.75, 3.05) is 19.6 Å². The third-order valence-electron chi connectivity index (χ3n) is 2.71. The molecule has 13 heavy (non-hydrogen) atoms. The van der Waals surface area contributed by atoms with Crippen molar-refractivity contribution in [3.05, 3.63) is 0 Å². The van der Waals surface area contributed by atoms with Gasteiger partial charge in [0.25, 0.3) is 0 Å². The average Bonchev–Trinajstić information content (AvgIpc) is 2.15. The molecule has 0 spiro atoms. The molecule has 0 radical (unpaired) electrons. The molecule has 2 unspecified atom stereocenters. The van der Waals surface area contributed by atoms with E-state index in [1.54, 1.807) is 0 Å². The molecule has 78 valence electrons. The van der Waals surface area contributed by atoms with E-state index in [-0.39, 0.29) is 0 Å². The fourth-order valence-electron chi connectivity index (χ4n) is 1.78. The van der Waals surface area contributed by atoms with Gasteiger partial charge in [0.05, 0.1) is 0 Å². The Labute approximate surface area is 81.9 Å². The first-order valence-electron chi connectivity index (χ1n) is 4.73. The largest absolute Gasteiger partial charge is 0.760 e. The van der Waals surface area contributed by atoms with Crippen LogP contribution in [0.2, 0.25) is 0 Å². The van der Waals surface area contributed by atoms with Crippen LogP contribution >= 0.6 is 0 Å². The third-order valence-corrected chi connectivity index (χ3v) is 3.11. The maximum atomic E-state index is 10.3. The number of piperidine rings is 1. The van der Waals surface area contributed by atoms with Crippen molar-refractivity contribution in [3.8, 4) is 0 Å². The van der Waals surface area contributed by atoms with E-state index in [0.717, 1.165) is 25.9 Å². The molecule has 1 aliphatic heterocycles. The summed E-state index contributed by atoms with van der Waals surface area (Å²) in [5, 5.41) is 3.29. The lowest BCUT2D eigenvalue weighted by molar-refractivity contribution is 0.275. The second-order valence-electron chi connectivity index (χ2n) is 3.65. The third kappa shape index (κ3) is 4.17. The van der Waals surface area contributed by atoms with Gasteiger partial charge in [0, 0.05) is 17.8 Å². The van der Waals surface area contributed by atoms with Crippen molar-refractivity contribution in [2.45, 2.75) is 19.8 Å². The Morgan fingerprint density at radius 2 is 2.23 bits per heavy atom. The number of hydrogen-bond acceptors (Lipinski definition) is 3. The molecular formula is C8H17N2O2S-. The molecule has 4 nitrogen and oxygen atoms in total. The van der Waals surface area contributed by atoms with E-state index in [1.165, 1.54) is 0 Å². The predicted octanol–water partition coefficient (Wildman–Crippen LogP) is 0.00580. The highest BCUT2D eigenvalue weighted by molar-refractivity contribution is 7.77. The van der Waals surface area contributed by atoms with Crippen molar-refractivity contribution >= 4 is 11.3 Å². The van der Waals surface area contributed by atoms with Crippen LogP contribution in [0.5, 0.6) is 0 Å². The number of rotatable bonds is 4. The smallest absolute Gasteiger partial charge is 0.0181 e. The summed E-state index contributed by atoms with van der Waals surface area (Å²) < 4.78 is 23.0. The van der Waals surface area contributed by atoms with Crippen LogP contribution in [0.15, 0.2) is 0 Å². The predicted molar refractivity (Wildman–Crippen MR) is 51.7 cm³/mol. The van der Waals surface area contributed by atoms with E-state index in [0.29, 0.717) is 18.4 Å². The molecule has 0 amide bonds. The minimum absolute atomic E-state index is 0.444. The normalized spacial score (nSPS) is 24.2. The van der Waals surface area contributed by atoms with Crippen LogP contribution in [-0.4, -0.2) is 28.4 Å². The molecule has 1 saturated heterocycles. The van der Waals surface area contributed by atoms with Crippen molar-refractivity contribution < 1.29 is 8.76 Å². The van der Waals surface area contributed by atoms with E-state index in [2.05, 4.69) is 17.0 Å². The second kappa shape index (κ2) is 5.70. The lowest BCUT2D eigenvalue weighted by Gasteiger charge is -2.28. The van der Waals surface area contributed by atoms with Crippen LogP contribution < -0.4 is 10.0 Å². The zero-order valence-electron chi connectivity index (χ0n) is 7.91. The minimum atomic E-state index is -2.11. The average molecular weight is 205 g/mol. The van der Waals surface area contributed by atoms with Gasteiger partial charge in [0.2, 0.25) is 0 Å². The lowest BCUT2D eigenvalue weighted by Crippen LogP contribution is -2.35. The summed E-state index contributed by atoms with van der Waals surface area (Å²) in [5.74, 6) is 1.11. The molecular weight excluding hydrogens is 188 g/mol. The van der Waals surface area contributed by atoms with Crippen LogP contribution in [0.3, 0.4) is 0 Å². The van der Waals surface area contributed by atoms with Gasteiger partial charge >= 0.3 is 0 Å². The molecule has 0 aromatic rings. The van der Waals surface area contributed by atoms with Crippen LogP contribution in [0, 0.1) is 11.8 Å². The van der Waals surface area contributed by atoms with Gasteiger partial charge in [-0.3, -0.25) is 4.21 Å². The standard InChI is InChI=1S/C8H18N2O2S/c1-7(6-10-13(11)12)8-2-4-9-5-3-8/h7-10H,2-6H2,1H3,(H,11,12)/p-1. The Kier molecular flexibility index (Phi) is 4.87. The molecule has 0 aromatic carbocycles. The monoisotopic (exact) mass is 205 g/mol. The van der Waals surface area contributed by atoms with Crippen LogP contribution in [0.1, 0.15) is 19.8 Å². The lowest BCUT2D eigenvalue weighted by atomic mass is 9.86. The topological polar surface area (TPSA) is 64.2 Å². The minimum Gasteiger partial charge on any atom is -0.760 e. The van der Waals surface area contributed by atoms with Crippen LogP contribution in [-0.2, 0) is 11.3 Å². The summed E-state index contributed by atoms with van der Waals surface area (Å²) in [6.45, 7) is 4.81. The molecule has 1 rings (SSSR count). The summed E-state index contributed by atoms with van der Waals surface area (Å²) in [5.41, 5.74) is 0. The van der Waals surface area contributed by atoms with Crippen molar-refractivity contribution in [2.24, 2.45) is 11.8 Å². The van der Waals surface area contributed by atoms with Gasteiger partial charge in [0.15, 0.2) is 0 Å². The first-order valence-corrected chi connectivity index (χ1v) is 5.81. The van der Waals surface area contributed by atoms with Gasteiger partial charge in [-0.2, -0.15) is 0 Å². The van der Waals surface area contributed by atoms with Gasteiger partial charge in [-0.05, 0) is 37.8 Å². The summed E-state index contributed by atoms with van der Waals surface area (Å²) in [7, 11) is 0. The Morgan fingerprint density at radius 1 is 1.62 bits per heavy atom. The maximum absolute atomic E-state index is 10.3. The first-order chi connectivity index (χ1) is 6.20. The molecule has 2 atom stereocenters. The zero-order chi connectivity index (χ0) is 9.68. The Hall–Kier alpha value is 0.0300. The molecule has 0 bridgehead atoms. The summed E-state index contributed by atoms with van der Waals surface area (Å²) >= 11 is -2.11. The quantitative estimate of drug-likeness (QED) is 0.635.